The van der Waals surface area contributed by atoms with Crippen LogP contribution in [0.3, 0.4) is 0 Å². The van der Waals surface area contributed by atoms with E-state index in [1.165, 1.54) is 0 Å². The van der Waals surface area contributed by atoms with E-state index >= 15 is 0 Å². The van der Waals surface area contributed by atoms with Gasteiger partial charge in [0.1, 0.15) is 6.04 Å². The molecule has 21 heavy (non-hydrogen) atoms. The van der Waals surface area contributed by atoms with E-state index < -0.39 is 23.9 Å². The van der Waals surface area contributed by atoms with Crippen LogP contribution < -0.4 is 16.4 Å². The zero-order chi connectivity index (χ0) is 16.0. The standard InChI is InChI=1S/C10H15N5O4S2/c1-4(2)6(12-8(11)19)7(18)13-9-14-15-10(21-9)20-3-5(16)17/h4,6H,3H2,1-2H3,(H,16,17)(H3,11,12,19)(H,13,14,18). The van der Waals surface area contributed by atoms with Crippen molar-refractivity contribution < 1.29 is 19.5 Å². The molecular formula is C10H15N5O4S2. The van der Waals surface area contributed by atoms with Crippen LogP contribution >= 0.6 is 23.1 Å². The fraction of sp³-hybridized carbons (Fsp3) is 0.500. The summed E-state index contributed by atoms with van der Waals surface area (Å²) in [6, 6.07) is -1.58. The summed E-state index contributed by atoms with van der Waals surface area (Å²) in [5.74, 6) is -1.73. The van der Waals surface area contributed by atoms with Gasteiger partial charge in [0.2, 0.25) is 11.0 Å². The molecule has 0 bridgehead atoms. The summed E-state index contributed by atoms with van der Waals surface area (Å²) < 4.78 is 0.427. The predicted octanol–water partition coefficient (Wildman–Crippen LogP) is 0.346. The van der Waals surface area contributed by atoms with Gasteiger partial charge in [-0.3, -0.25) is 14.9 Å². The van der Waals surface area contributed by atoms with Crippen molar-refractivity contribution in [3.8, 4) is 0 Å². The molecule has 0 radical (unpaired) electrons. The Morgan fingerprint density at radius 3 is 2.57 bits per heavy atom. The molecule has 1 heterocycles. The van der Waals surface area contributed by atoms with Crippen molar-refractivity contribution in [1.82, 2.24) is 15.5 Å². The van der Waals surface area contributed by atoms with Crippen LogP contribution in [-0.2, 0) is 9.59 Å². The molecule has 1 rings (SSSR count). The monoisotopic (exact) mass is 333 g/mol. The molecule has 0 aliphatic heterocycles. The first-order valence-corrected chi connectivity index (χ1v) is 7.64. The average Bonchev–Trinajstić information content (AvgIpc) is 2.80. The Morgan fingerprint density at radius 2 is 2.05 bits per heavy atom. The third-order valence-corrected chi connectivity index (χ3v) is 4.16. The number of nitrogens with zero attached hydrogens (tertiary/aromatic N) is 2. The second kappa shape index (κ2) is 7.78. The quantitative estimate of drug-likeness (QED) is 0.415. The van der Waals surface area contributed by atoms with Crippen molar-refractivity contribution in [1.29, 1.82) is 0 Å². The zero-order valence-electron chi connectivity index (χ0n) is 11.3. The SMILES string of the molecule is CC(C)C(NC(N)=O)C(=O)Nc1nnc(SCC(=O)O)s1. The number of carbonyl (C=O) groups is 3. The minimum absolute atomic E-state index is 0.138. The number of nitrogens with two attached hydrogens (primary N) is 1. The first-order valence-electron chi connectivity index (χ1n) is 5.84. The van der Waals surface area contributed by atoms with Crippen molar-refractivity contribution in [2.24, 2.45) is 11.7 Å². The number of rotatable bonds is 7. The van der Waals surface area contributed by atoms with Crippen LogP contribution in [0, 0.1) is 5.92 Å². The summed E-state index contributed by atoms with van der Waals surface area (Å²) in [5.41, 5.74) is 5.02. The summed E-state index contributed by atoms with van der Waals surface area (Å²) in [6.45, 7) is 3.52. The third-order valence-electron chi connectivity index (χ3n) is 2.20. The van der Waals surface area contributed by atoms with E-state index in [1.807, 2.05) is 0 Å². The summed E-state index contributed by atoms with van der Waals surface area (Å²) in [6.07, 6.45) is 0. The van der Waals surface area contributed by atoms with Gasteiger partial charge in [0.15, 0.2) is 4.34 Å². The van der Waals surface area contributed by atoms with E-state index in [-0.39, 0.29) is 16.8 Å². The molecule has 11 heteroatoms. The van der Waals surface area contributed by atoms with Crippen LogP contribution in [0.5, 0.6) is 0 Å². The van der Waals surface area contributed by atoms with Gasteiger partial charge in [0, 0.05) is 0 Å². The predicted molar refractivity (Wildman–Crippen MR) is 78.2 cm³/mol. The summed E-state index contributed by atoms with van der Waals surface area (Å²) in [5, 5.41) is 21.1. The van der Waals surface area contributed by atoms with E-state index in [1.54, 1.807) is 13.8 Å². The number of aromatic nitrogens is 2. The van der Waals surface area contributed by atoms with Gasteiger partial charge < -0.3 is 16.2 Å². The lowest BCUT2D eigenvalue weighted by atomic mass is 10.0. The van der Waals surface area contributed by atoms with E-state index in [2.05, 4.69) is 20.8 Å². The lowest BCUT2D eigenvalue weighted by Gasteiger charge is -2.19. The number of carbonyl (C=O) groups excluding carboxylic acids is 2. The number of carboxylic acids is 1. The Morgan fingerprint density at radius 1 is 1.38 bits per heavy atom. The molecule has 0 aromatic carbocycles. The molecule has 1 aromatic rings. The first kappa shape index (κ1) is 17.2. The second-order valence-electron chi connectivity index (χ2n) is 4.28. The molecule has 9 nitrogen and oxygen atoms in total. The molecule has 116 valence electrons. The molecule has 3 amide bonds. The fourth-order valence-electron chi connectivity index (χ4n) is 1.31. The highest BCUT2D eigenvalue weighted by atomic mass is 32.2. The summed E-state index contributed by atoms with van der Waals surface area (Å²) >= 11 is 2.06. The molecule has 1 unspecified atom stereocenters. The molecular weight excluding hydrogens is 318 g/mol. The minimum atomic E-state index is -0.966. The number of hydrogen-bond acceptors (Lipinski definition) is 7. The molecule has 0 aliphatic rings. The van der Waals surface area contributed by atoms with Crippen molar-refractivity contribution in [3.63, 3.8) is 0 Å². The van der Waals surface area contributed by atoms with Crippen LogP contribution in [0.2, 0.25) is 0 Å². The highest BCUT2D eigenvalue weighted by Crippen LogP contribution is 2.25. The maximum Gasteiger partial charge on any atom is 0.313 e. The topological polar surface area (TPSA) is 147 Å². The van der Waals surface area contributed by atoms with Crippen LogP contribution in [0.4, 0.5) is 9.93 Å². The number of nitrogens with one attached hydrogen (secondary N) is 2. The minimum Gasteiger partial charge on any atom is -0.481 e. The maximum absolute atomic E-state index is 12.0. The average molecular weight is 333 g/mol. The Bertz CT molecular complexity index is 533. The zero-order valence-corrected chi connectivity index (χ0v) is 13.0. The van der Waals surface area contributed by atoms with Crippen LogP contribution in [-0.4, -0.2) is 45.0 Å². The van der Waals surface area contributed by atoms with Gasteiger partial charge in [-0.15, -0.1) is 10.2 Å². The van der Waals surface area contributed by atoms with Gasteiger partial charge in [-0.1, -0.05) is 36.9 Å². The molecule has 0 aliphatic carbocycles. The Kier molecular flexibility index (Phi) is 6.37. The van der Waals surface area contributed by atoms with Gasteiger partial charge in [-0.25, -0.2) is 4.79 Å². The summed E-state index contributed by atoms with van der Waals surface area (Å²) in [7, 11) is 0. The number of amides is 3. The molecule has 0 saturated heterocycles. The normalized spacial score (nSPS) is 12.0. The Hall–Kier alpha value is -1.88. The van der Waals surface area contributed by atoms with Gasteiger partial charge >= 0.3 is 12.0 Å². The van der Waals surface area contributed by atoms with Crippen molar-refractivity contribution in [2.45, 2.75) is 24.2 Å². The maximum atomic E-state index is 12.0. The van der Waals surface area contributed by atoms with Crippen LogP contribution in [0.1, 0.15) is 13.8 Å². The largest absolute Gasteiger partial charge is 0.481 e. The van der Waals surface area contributed by atoms with Gasteiger partial charge in [-0.2, -0.15) is 0 Å². The number of hydrogen-bond donors (Lipinski definition) is 4. The van der Waals surface area contributed by atoms with Crippen LogP contribution in [0.25, 0.3) is 0 Å². The number of anilines is 1. The van der Waals surface area contributed by atoms with Crippen molar-refractivity contribution in [2.75, 3.05) is 11.1 Å². The number of primary amides is 1. The third kappa shape index (κ3) is 5.95. The van der Waals surface area contributed by atoms with Crippen molar-refractivity contribution >= 4 is 46.1 Å². The summed E-state index contributed by atoms with van der Waals surface area (Å²) in [4.78, 5) is 33.3. The highest BCUT2D eigenvalue weighted by Gasteiger charge is 2.24. The molecule has 0 fully saturated rings. The van der Waals surface area contributed by atoms with Crippen LogP contribution in [0.15, 0.2) is 4.34 Å². The number of thioether (sulfide) groups is 1. The molecule has 5 N–H and O–H groups in total. The Balaban J connectivity index is 2.64. The molecule has 1 aromatic heterocycles. The lowest BCUT2D eigenvalue weighted by molar-refractivity contribution is -0.133. The number of urea groups is 1. The Labute approximate surface area is 128 Å². The van der Waals surface area contributed by atoms with Gasteiger partial charge in [0.05, 0.1) is 5.75 Å². The number of carboxylic acid groups (broad SMARTS) is 1. The first-order chi connectivity index (χ1) is 9.79. The number of aliphatic carboxylic acids is 1. The van der Waals surface area contributed by atoms with Gasteiger partial charge in [-0.05, 0) is 5.92 Å². The molecule has 1 atom stereocenters. The highest BCUT2D eigenvalue weighted by molar-refractivity contribution is 8.01. The van der Waals surface area contributed by atoms with Gasteiger partial charge in [0.25, 0.3) is 0 Å². The van der Waals surface area contributed by atoms with Crippen molar-refractivity contribution in [3.05, 3.63) is 0 Å². The van der Waals surface area contributed by atoms with E-state index in [0.29, 0.717) is 4.34 Å². The molecule has 0 saturated carbocycles. The molecule has 0 spiro atoms. The van der Waals surface area contributed by atoms with E-state index in [4.69, 9.17) is 10.8 Å². The second-order valence-corrected chi connectivity index (χ2v) is 6.48. The smallest absolute Gasteiger partial charge is 0.313 e. The van der Waals surface area contributed by atoms with E-state index in [9.17, 15) is 14.4 Å². The fourth-order valence-corrected chi connectivity index (χ4v) is 2.79. The lowest BCUT2D eigenvalue weighted by Crippen LogP contribution is -2.49. The van der Waals surface area contributed by atoms with E-state index in [0.717, 1.165) is 23.1 Å².